The van der Waals surface area contributed by atoms with Crippen LogP contribution in [0, 0.1) is 6.92 Å². The predicted octanol–water partition coefficient (Wildman–Crippen LogP) is 5.58. The largest absolute Gasteiger partial charge is 0.497 e. The van der Waals surface area contributed by atoms with E-state index in [2.05, 4.69) is 5.32 Å². The first-order valence-corrected chi connectivity index (χ1v) is 11.0. The summed E-state index contributed by atoms with van der Waals surface area (Å²) in [6.45, 7) is 7.42. The Kier molecular flexibility index (Phi) is 8.00. The summed E-state index contributed by atoms with van der Waals surface area (Å²) in [6, 6.07) is 14.6. The fourth-order valence-corrected chi connectivity index (χ4v) is 3.52. The second-order valence-electron chi connectivity index (χ2n) is 7.30. The van der Waals surface area contributed by atoms with Crippen molar-refractivity contribution < 1.29 is 14.3 Å². The summed E-state index contributed by atoms with van der Waals surface area (Å²) in [5.74, 6) is 1.91. The van der Waals surface area contributed by atoms with Crippen molar-refractivity contribution in [2.45, 2.75) is 33.7 Å². The highest BCUT2D eigenvalue weighted by atomic mass is 35.5. The zero-order valence-corrected chi connectivity index (χ0v) is 19.6. The standard InChI is InChI=1S/C24H29ClN4O3/c1-5-14-28(24(30)26-6-2)16-22-17(3)27-29(19-9-7-8-18(25)15-19)23(22)32-21-12-10-20(31-4)11-13-21/h7-13,15H,5-6,14,16H2,1-4H3,(H,26,30). The summed E-state index contributed by atoms with van der Waals surface area (Å²) >= 11 is 6.23. The Hall–Kier alpha value is -3.19. The second-order valence-corrected chi connectivity index (χ2v) is 7.73. The Morgan fingerprint density at radius 3 is 2.50 bits per heavy atom. The van der Waals surface area contributed by atoms with Crippen molar-refractivity contribution in [3.05, 3.63) is 64.8 Å². The number of carbonyl (C=O) groups excluding carboxylic acids is 1. The van der Waals surface area contributed by atoms with E-state index in [0.717, 1.165) is 29.1 Å². The van der Waals surface area contributed by atoms with Crippen LogP contribution in [-0.2, 0) is 6.54 Å². The molecule has 1 N–H and O–H groups in total. The lowest BCUT2D eigenvalue weighted by atomic mass is 10.2. The molecule has 2 aromatic carbocycles. The number of amides is 2. The smallest absolute Gasteiger partial charge is 0.317 e. The van der Waals surface area contributed by atoms with Crippen LogP contribution in [0.25, 0.3) is 5.69 Å². The number of rotatable bonds is 9. The molecule has 0 radical (unpaired) electrons. The number of benzene rings is 2. The average molecular weight is 457 g/mol. The number of nitrogens with zero attached hydrogens (tertiary/aromatic N) is 3. The molecule has 1 aromatic heterocycles. The summed E-state index contributed by atoms with van der Waals surface area (Å²) in [5, 5.41) is 8.21. The summed E-state index contributed by atoms with van der Waals surface area (Å²) < 4.78 is 13.3. The monoisotopic (exact) mass is 456 g/mol. The van der Waals surface area contributed by atoms with Gasteiger partial charge in [0, 0.05) is 18.1 Å². The molecule has 1 heterocycles. The van der Waals surface area contributed by atoms with Gasteiger partial charge in [-0.15, -0.1) is 0 Å². The summed E-state index contributed by atoms with van der Waals surface area (Å²) in [4.78, 5) is 14.4. The number of methoxy groups -OCH3 is 1. The molecule has 170 valence electrons. The molecule has 8 heteroatoms. The number of hydrogen-bond donors (Lipinski definition) is 1. The third kappa shape index (κ3) is 5.53. The number of aromatic nitrogens is 2. The normalized spacial score (nSPS) is 10.7. The van der Waals surface area contributed by atoms with Gasteiger partial charge in [0.1, 0.15) is 11.5 Å². The fraction of sp³-hybridized carbons (Fsp3) is 0.333. The van der Waals surface area contributed by atoms with Crippen LogP contribution in [0.2, 0.25) is 5.02 Å². The van der Waals surface area contributed by atoms with Gasteiger partial charge >= 0.3 is 6.03 Å². The van der Waals surface area contributed by atoms with Crippen LogP contribution < -0.4 is 14.8 Å². The van der Waals surface area contributed by atoms with Gasteiger partial charge in [0.25, 0.3) is 0 Å². The van der Waals surface area contributed by atoms with Crippen LogP contribution >= 0.6 is 11.6 Å². The molecule has 7 nitrogen and oxygen atoms in total. The van der Waals surface area contributed by atoms with Crippen LogP contribution in [0.15, 0.2) is 48.5 Å². The molecule has 0 aliphatic rings. The molecule has 0 atom stereocenters. The molecule has 0 saturated carbocycles. The fourth-order valence-electron chi connectivity index (χ4n) is 3.34. The highest BCUT2D eigenvalue weighted by Gasteiger charge is 2.23. The predicted molar refractivity (Wildman–Crippen MR) is 126 cm³/mol. The average Bonchev–Trinajstić information content (AvgIpc) is 3.09. The maximum absolute atomic E-state index is 12.6. The molecule has 0 aliphatic heterocycles. The summed E-state index contributed by atoms with van der Waals surface area (Å²) in [5.41, 5.74) is 2.38. The van der Waals surface area contributed by atoms with Crippen molar-refractivity contribution >= 4 is 17.6 Å². The zero-order chi connectivity index (χ0) is 23.1. The van der Waals surface area contributed by atoms with E-state index < -0.39 is 0 Å². The van der Waals surface area contributed by atoms with E-state index in [-0.39, 0.29) is 6.03 Å². The van der Waals surface area contributed by atoms with Crippen LogP contribution in [0.3, 0.4) is 0 Å². The molecule has 0 spiro atoms. The number of aryl methyl sites for hydroxylation is 1. The molecular formula is C24H29ClN4O3. The maximum Gasteiger partial charge on any atom is 0.317 e. The number of hydrogen-bond acceptors (Lipinski definition) is 4. The summed E-state index contributed by atoms with van der Waals surface area (Å²) in [6.07, 6.45) is 0.841. The Bertz CT molecular complexity index is 1050. The van der Waals surface area contributed by atoms with Gasteiger partial charge in [-0.05, 0) is 62.7 Å². The third-order valence-corrected chi connectivity index (χ3v) is 5.16. The molecule has 3 rings (SSSR count). The lowest BCUT2D eigenvalue weighted by Crippen LogP contribution is -2.39. The molecule has 0 aliphatic carbocycles. The van der Waals surface area contributed by atoms with Crippen LogP contribution in [0.5, 0.6) is 17.4 Å². The Labute approximate surface area is 193 Å². The first-order valence-electron chi connectivity index (χ1n) is 10.7. The maximum atomic E-state index is 12.6. The summed E-state index contributed by atoms with van der Waals surface area (Å²) in [7, 11) is 1.62. The van der Waals surface area contributed by atoms with Gasteiger partial charge in [0.05, 0.1) is 30.6 Å². The van der Waals surface area contributed by atoms with Gasteiger partial charge in [-0.2, -0.15) is 5.10 Å². The van der Waals surface area contributed by atoms with Crippen molar-refractivity contribution in [1.29, 1.82) is 0 Å². The number of carbonyl (C=O) groups is 1. The lowest BCUT2D eigenvalue weighted by molar-refractivity contribution is 0.195. The quantitative estimate of drug-likeness (QED) is 0.456. The lowest BCUT2D eigenvalue weighted by Gasteiger charge is -2.23. The molecular weight excluding hydrogens is 428 g/mol. The molecule has 0 unspecified atom stereocenters. The highest BCUT2D eigenvalue weighted by molar-refractivity contribution is 6.30. The SMILES string of the molecule is CCCN(Cc1c(C)nn(-c2cccc(Cl)c2)c1Oc1ccc(OC)cc1)C(=O)NCC. The van der Waals surface area contributed by atoms with E-state index in [1.165, 1.54) is 0 Å². The number of halogens is 1. The third-order valence-electron chi connectivity index (χ3n) is 4.92. The van der Waals surface area contributed by atoms with Crippen LogP contribution in [0.4, 0.5) is 4.79 Å². The minimum Gasteiger partial charge on any atom is -0.497 e. The van der Waals surface area contributed by atoms with E-state index in [9.17, 15) is 4.79 Å². The van der Waals surface area contributed by atoms with Gasteiger partial charge < -0.3 is 19.7 Å². The van der Waals surface area contributed by atoms with Gasteiger partial charge in [-0.1, -0.05) is 24.6 Å². The van der Waals surface area contributed by atoms with Crippen molar-refractivity contribution in [1.82, 2.24) is 20.0 Å². The first-order chi connectivity index (χ1) is 15.5. The molecule has 0 fully saturated rings. The van der Waals surface area contributed by atoms with Crippen molar-refractivity contribution in [2.75, 3.05) is 20.2 Å². The zero-order valence-electron chi connectivity index (χ0n) is 18.9. The van der Waals surface area contributed by atoms with Crippen molar-refractivity contribution in [3.8, 4) is 23.1 Å². The van der Waals surface area contributed by atoms with Gasteiger partial charge in [0.2, 0.25) is 5.88 Å². The molecule has 3 aromatic rings. The topological polar surface area (TPSA) is 68.6 Å². The Balaban J connectivity index is 2.05. The van der Waals surface area contributed by atoms with E-state index in [4.69, 9.17) is 26.2 Å². The Morgan fingerprint density at radius 2 is 1.88 bits per heavy atom. The number of urea groups is 1. The number of nitrogens with one attached hydrogen (secondary N) is 1. The molecule has 0 bridgehead atoms. The minimum absolute atomic E-state index is 0.111. The highest BCUT2D eigenvalue weighted by Crippen LogP contribution is 2.33. The van der Waals surface area contributed by atoms with E-state index in [1.54, 1.807) is 16.7 Å². The van der Waals surface area contributed by atoms with Gasteiger partial charge in [0.15, 0.2) is 0 Å². The van der Waals surface area contributed by atoms with Crippen LogP contribution in [-0.4, -0.2) is 40.9 Å². The minimum atomic E-state index is -0.111. The van der Waals surface area contributed by atoms with Crippen LogP contribution in [0.1, 0.15) is 31.5 Å². The molecule has 0 saturated heterocycles. The molecule has 2 amide bonds. The Morgan fingerprint density at radius 1 is 1.16 bits per heavy atom. The van der Waals surface area contributed by atoms with E-state index >= 15 is 0 Å². The van der Waals surface area contributed by atoms with Gasteiger partial charge in [-0.3, -0.25) is 0 Å². The van der Waals surface area contributed by atoms with Crippen molar-refractivity contribution in [3.63, 3.8) is 0 Å². The van der Waals surface area contributed by atoms with Gasteiger partial charge in [-0.25, -0.2) is 9.48 Å². The van der Waals surface area contributed by atoms with Crippen molar-refractivity contribution in [2.24, 2.45) is 0 Å². The van der Waals surface area contributed by atoms with E-state index in [0.29, 0.717) is 36.3 Å². The molecule has 32 heavy (non-hydrogen) atoms. The number of ether oxygens (including phenoxy) is 2. The first kappa shape index (κ1) is 23.5. The van der Waals surface area contributed by atoms with E-state index in [1.807, 2.05) is 69.3 Å². The second kappa shape index (κ2) is 10.9.